The fourth-order valence-corrected chi connectivity index (χ4v) is 3.95. The topological polar surface area (TPSA) is 66.0 Å². The number of fused-ring (bicyclic) bond motifs is 1. The third-order valence-electron chi connectivity index (χ3n) is 5.61. The summed E-state index contributed by atoms with van der Waals surface area (Å²) >= 11 is 0. The van der Waals surface area contributed by atoms with Crippen LogP contribution in [-0.4, -0.2) is 78.0 Å². The standard InChI is InChI=1S/C22H26N4O3/c1-16-14-18-19(20(23-16)29-2)22(28)26(21(18)27)15-25-12-10-24(11-13-25)9-8-17-6-4-3-5-7-17/h3-7,14H,8-13,15H2,1-2H3. The lowest BCUT2D eigenvalue weighted by Crippen LogP contribution is -2.51. The molecule has 1 aromatic carbocycles. The summed E-state index contributed by atoms with van der Waals surface area (Å²) < 4.78 is 5.24. The summed E-state index contributed by atoms with van der Waals surface area (Å²) in [5.41, 5.74) is 2.68. The molecule has 2 amide bonds. The van der Waals surface area contributed by atoms with E-state index in [1.165, 1.54) is 17.6 Å². The van der Waals surface area contributed by atoms with Crippen LogP contribution in [0.1, 0.15) is 32.0 Å². The maximum Gasteiger partial charge on any atom is 0.268 e. The van der Waals surface area contributed by atoms with Crippen LogP contribution in [0.15, 0.2) is 36.4 Å². The van der Waals surface area contributed by atoms with Crippen LogP contribution in [-0.2, 0) is 6.42 Å². The van der Waals surface area contributed by atoms with E-state index in [1.54, 1.807) is 13.0 Å². The maximum absolute atomic E-state index is 12.8. The quantitative estimate of drug-likeness (QED) is 0.697. The van der Waals surface area contributed by atoms with Crippen molar-refractivity contribution >= 4 is 11.8 Å². The third kappa shape index (κ3) is 4.02. The van der Waals surface area contributed by atoms with Gasteiger partial charge in [0.2, 0.25) is 5.88 Å². The fraction of sp³-hybridized carbons (Fsp3) is 0.409. The van der Waals surface area contributed by atoms with Gasteiger partial charge in [-0.25, -0.2) is 4.98 Å². The molecule has 0 unspecified atom stereocenters. The highest BCUT2D eigenvalue weighted by molar-refractivity contribution is 6.22. The van der Waals surface area contributed by atoms with Crippen LogP contribution in [0.5, 0.6) is 5.88 Å². The zero-order chi connectivity index (χ0) is 20.4. The molecule has 2 aliphatic rings. The van der Waals surface area contributed by atoms with E-state index >= 15 is 0 Å². The summed E-state index contributed by atoms with van der Waals surface area (Å²) in [6.45, 7) is 6.64. The summed E-state index contributed by atoms with van der Waals surface area (Å²) in [5.74, 6) is -0.354. The van der Waals surface area contributed by atoms with Gasteiger partial charge < -0.3 is 9.64 Å². The minimum Gasteiger partial charge on any atom is -0.480 e. The Balaban J connectivity index is 1.34. The number of carbonyl (C=O) groups excluding carboxylic acids is 2. The van der Waals surface area contributed by atoms with E-state index in [-0.39, 0.29) is 23.3 Å². The number of hydrogen-bond acceptors (Lipinski definition) is 6. The van der Waals surface area contributed by atoms with Crippen LogP contribution in [0.3, 0.4) is 0 Å². The third-order valence-corrected chi connectivity index (χ3v) is 5.61. The molecule has 3 heterocycles. The van der Waals surface area contributed by atoms with Crippen molar-refractivity contribution in [2.75, 3.05) is 46.5 Å². The van der Waals surface area contributed by atoms with Gasteiger partial charge in [-0.15, -0.1) is 0 Å². The second kappa shape index (κ2) is 8.31. The first-order chi connectivity index (χ1) is 14.1. The van der Waals surface area contributed by atoms with Gasteiger partial charge in [-0.1, -0.05) is 30.3 Å². The number of amides is 2. The molecule has 152 valence electrons. The molecule has 0 bridgehead atoms. The van der Waals surface area contributed by atoms with Crippen LogP contribution in [0.4, 0.5) is 0 Å². The molecule has 1 fully saturated rings. The molecule has 4 rings (SSSR count). The van der Waals surface area contributed by atoms with E-state index in [2.05, 4.69) is 39.0 Å². The SMILES string of the molecule is COc1nc(C)cc2c1C(=O)N(CN1CCN(CCc3ccccc3)CC1)C2=O. The van der Waals surface area contributed by atoms with Crippen molar-refractivity contribution < 1.29 is 14.3 Å². The lowest BCUT2D eigenvalue weighted by atomic mass is 10.1. The summed E-state index contributed by atoms with van der Waals surface area (Å²) in [6, 6.07) is 12.2. The monoisotopic (exact) mass is 394 g/mol. The largest absolute Gasteiger partial charge is 0.480 e. The van der Waals surface area contributed by atoms with Crippen LogP contribution >= 0.6 is 0 Å². The second-order valence-electron chi connectivity index (χ2n) is 7.57. The number of rotatable bonds is 6. The molecule has 0 spiro atoms. The molecular weight excluding hydrogens is 368 g/mol. The summed E-state index contributed by atoms with van der Waals surface area (Å²) in [5, 5.41) is 0. The van der Waals surface area contributed by atoms with Crippen molar-refractivity contribution in [2.24, 2.45) is 0 Å². The molecule has 1 aromatic heterocycles. The van der Waals surface area contributed by atoms with Crippen LogP contribution in [0.25, 0.3) is 0 Å². The average molecular weight is 394 g/mol. The minimum atomic E-state index is -0.319. The highest BCUT2D eigenvalue weighted by Gasteiger charge is 2.40. The number of methoxy groups -OCH3 is 1. The number of aryl methyl sites for hydroxylation is 1. The molecule has 2 aromatic rings. The first kappa shape index (κ1) is 19.5. The Bertz CT molecular complexity index is 908. The predicted octanol–water partition coefficient (Wildman–Crippen LogP) is 1.81. The number of pyridine rings is 1. The molecule has 0 radical (unpaired) electrons. The maximum atomic E-state index is 12.8. The summed E-state index contributed by atoms with van der Waals surface area (Å²) in [4.78, 5) is 35.8. The van der Waals surface area contributed by atoms with E-state index in [0.29, 0.717) is 17.9 Å². The number of ether oxygens (including phenoxy) is 1. The normalized spacial score (nSPS) is 17.7. The van der Waals surface area contributed by atoms with Crippen molar-refractivity contribution in [1.82, 2.24) is 19.7 Å². The zero-order valence-electron chi connectivity index (χ0n) is 16.9. The Labute approximate surface area is 170 Å². The zero-order valence-corrected chi connectivity index (χ0v) is 16.9. The van der Waals surface area contributed by atoms with Gasteiger partial charge in [-0.3, -0.25) is 19.4 Å². The molecule has 2 aliphatic heterocycles. The van der Waals surface area contributed by atoms with Gasteiger partial charge in [-0.2, -0.15) is 0 Å². The lowest BCUT2D eigenvalue weighted by molar-refractivity contribution is 0.0455. The Morgan fingerprint density at radius 1 is 1.00 bits per heavy atom. The molecule has 7 nitrogen and oxygen atoms in total. The van der Waals surface area contributed by atoms with E-state index in [0.717, 1.165) is 39.1 Å². The minimum absolute atomic E-state index is 0.228. The number of imide groups is 1. The van der Waals surface area contributed by atoms with Crippen molar-refractivity contribution in [3.63, 3.8) is 0 Å². The Morgan fingerprint density at radius 2 is 1.69 bits per heavy atom. The first-order valence-electron chi connectivity index (χ1n) is 9.97. The molecule has 0 saturated carbocycles. The van der Waals surface area contributed by atoms with E-state index in [1.807, 2.05) is 6.07 Å². The molecule has 0 N–H and O–H groups in total. The molecular formula is C22H26N4O3. The number of aromatic nitrogens is 1. The summed E-state index contributed by atoms with van der Waals surface area (Å²) in [6.07, 6.45) is 1.03. The molecule has 0 atom stereocenters. The molecule has 1 saturated heterocycles. The number of piperazine rings is 1. The van der Waals surface area contributed by atoms with Gasteiger partial charge in [0, 0.05) is 38.4 Å². The fourth-order valence-electron chi connectivity index (χ4n) is 3.95. The van der Waals surface area contributed by atoms with Crippen molar-refractivity contribution in [3.05, 3.63) is 58.8 Å². The van der Waals surface area contributed by atoms with Crippen LogP contribution in [0.2, 0.25) is 0 Å². The number of nitrogens with zero attached hydrogens (tertiary/aromatic N) is 4. The Morgan fingerprint density at radius 3 is 2.38 bits per heavy atom. The highest BCUT2D eigenvalue weighted by Crippen LogP contribution is 2.30. The number of carbonyl (C=O) groups is 2. The summed E-state index contributed by atoms with van der Waals surface area (Å²) in [7, 11) is 1.47. The van der Waals surface area contributed by atoms with Gasteiger partial charge in [0.15, 0.2) is 0 Å². The Hall–Kier alpha value is -2.77. The van der Waals surface area contributed by atoms with Crippen molar-refractivity contribution in [1.29, 1.82) is 0 Å². The van der Waals surface area contributed by atoms with E-state index < -0.39 is 0 Å². The van der Waals surface area contributed by atoms with Crippen molar-refractivity contribution in [2.45, 2.75) is 13.3 Å². The average Bonchev–Trinajstić information content (AvgIpc) is 2.98. The predicted molar refractivity (Wildman–Crippen MR) is 109 cm³/mol. The molecule has 0 aliphatic carbocycles. The van der Waals surface area contributed by atoms with Gasteiger partial charge in [0.05, 0.1) is 19.3 Å². The van der Waals surface area contributed by atoms with E-state index in [9.17, 15) is 9.59 Å². The number of hydrogen-bond donors (Lipinski definition) is 0. The highest BCUT2D eigenvalue weighted by atomic mass is 16.5. The van der Waals surface area contributed by atoms with Crippen molar-refractivity contribution in [3.8, 4) is 5.88 Å². The number of benzene rings is 1. The van der Waals surface area contributed by atoms with Crippen LogP contribution in [0, 0.1) is 6.92 Å². The second-order valence-corrected chi connectivity index (χ2v) is 7.57. The molecule has 29 heavy (non-hydrogen) atoms. The van der Waals surface area contributed by atoms with Gasteiger partial charge in [-0.05, 0) is 25.0 Å². The smallest absolute Gasteiger partial charge is 0.268 e. The molecule has 7 heteroatoms. The van der Waals surface area contributed by atoms with Crippen LogP contribution < -0.4 is 4.74 Å². The lowest BCUT2D eigenvalue weighted by Gasteiger charge is -2.36. The van der Waals surface area contributed by atoms with E-state index in [4.69, 9.17) is 4.74 Å². The van der Waals surface area contributed by atoms with Gasteiger partial charge >= 0.3 is 0 Å². The Kier molecular flexibility index (Phi) is 5.60. The van der Waals surface area contributed by atoms with Gasteiger partial charge in [0.25, 0.3) is 11.8 Å². The first-order valence-corrected chi connectivity index (χ1v) is 9.97. The van der Waals surface area contributed by atoms with Gasteiger partial charge in [0.1, 0.15) is 5.56 Å².